The van der Waals surface area contributed by atoms with E-state index in [1.54, 1.807) is 6.08 Å². The van der Waals surface area contributed by atoms with Gasteiger partial charge in [0.05, 0.1) is 32.0 Å². The molecule has 1 fully saturated rings. The fraction of sp³-hybridized carbons (Fsp3) is 0.826. The molecule has 0 spiro atoms. The number of aliphatic hydroxyl groups is 5. The SMILES string of the molecule is CCCC/C=C\CCCCCCCC(=O)OCCCCCCCCCCC/C=C\C/C=C\CCCCCCCCCCCCCCCC(=O)NC(COC1OC(CO)C(O)C(O)C1O)C(O)/C=C/CC/C=C/CCCCCCCC. The molecule has 0 aromatic carbocycles. The van der Waals surface area contributed by atoms with E-state index in [0.29, 0.717) is 19.4 Å². The van der Waals surface area contributed by atoms with Gasteiger partial charge in [-0.05, 0) is 96.3 Å². The molecule has 7 unspecified atom stereocenters. The lowest BCUT2D eigenvalue weighted by Gasteiger charge is -2.40. The molecule has 0 aromatic heterocycles. The number of aliphatic hydroxyl groups excluding tert-OH is 5. The smallest absolute Gasteiger partial charge is 0.305 e. The molecule has 1 rings (SSSR count). The molecule has 6 N–H and O–H groups in total. The molecule has 0 saturated carbocycles. The molecular formula is C69H125NO10. The van der Waals surface area contributed by atoms with Crippen molar-refractivity contribution in [2.75, 3.05) is 19.8 Å². The summed E-state index contributed by atoms with van der Waals surface area (Å²) in [5.41, 5.74) is 0. The minimum atomic E-state index is -1.58. The summed E-state index contributed by atoms with van der Waals surface area (Å²) in [6, 6.07) is -0.829. The highest BCUT2D eigenvalue weighted by Crippen LogP contribution is 2.23. The Kier molecular flexibility index (Phi) is 54.8. The van der Waals surface area contributed by atoms with Crippen LogP contribution in [0.25, 0.3) is 0 Å². The van der Waals surface area contributed by atoms with Gasteiger partial charge >= 0.3 is 5.97 Å². The number of hydrogen-bond acceptors (Lipinski definition) is 10. The van der Waals surface area contributed by atoms with Crippen molar-refractivity contribution >= 4 is 11.9 Å². The topological polar surface area (TPSA) is 175 Å². The van der Waals surface area contributed by atoms with Gasteiger partial charge in [-0.1, -0.05) is 254 Å². The van der Waals surface area contributed by atoms with Crippen LogP contribution >= 0.6 is 0 Å². The van der Waals surface area contributed by atoms with E-state index in [0.717, 1.165) is 64.2 Å². The quantitative estimate of drug-likeness (QED) is 0.0195. The van der Waals surface area contributed by atoms with Crippen LogP contribution in [0.3, 0.4) is 0 Å². The molecule has 7 atom stereocenters. The van der Waals surface area contributed by atoms with Gasteiger partial charge in [0.15, 0.2) is 6.29 Å². The summed E-state index contributed by atoms with van der Waals surface area (Å²) in [5, 5.41) is 54.4. The van der Waals surface area contributed by atoms with E-state index in [4.69, 9.17) is 14.2 Å². The number of hydrogen-bond donors (Lipinski definition) is 6. The van der Waals surface area contributed by atoms with Gasteiger partial charge in [-0.2, -0.15) is 0 Å². The standard InChI is InChI=1S/C69H125NO10/c1-3-5-7-9-11-13-15-36-39-43-47-51-55-62(72)61(60-79-69-68(77)67(76)66(75)63(59-71)80-69)70-64(73)56-52-48-44-40-37-33-31-29-27-25-23-21-19-17-16-18-20-22-24-26-28-30-32-34-38-42-46-50-54-58-78-65(74)57-53-49-45-41-35-14-12-10-8-6-4-2/h10,12,16,18,22,24,36,39,51,55,61-63,66-69,71-72,75-77H,3-9,11,13-15,17,19-21,23,25-35,37-38,40-50,52-54,56-60H2,1-2H3,(H,70,73)/b12-10-,18-16-,24-22-,39-36+,55-51+. The first-order valence-electron chi connectivity index (χ1n) is 33.6. The van der Waals surface area contributed by atoms with Crippen LogP contribution in [0.5, 0.6) is 0 Å². The number of rotatable bonds is 58. The minimum Gasteiger partial charge on any atom is -0.466 e. The van der Waals surface area contributed by atoms with Gasteiger partial charge in [-0.3, -0.25) is 9.59 Å². The van der Waals surface area contributed by atoms with Crippen LogP contribution in [-0.4, -0.2) is 100 Å². The number of carbonyl (C=O) groups excluding carboxylic acids is 2. The molecule has 11 nitrogen and oxygen atoms in total. The lowest BCUT2D eigenvalue weighted by Crippen LogP contribution is -2.60. The summed E-state index contributed by atoms with van der Waals surface area (Å²) in [6.07, 6.45) is 66.3. The fourth-order valence-electron chi connectivity index (χ4n) is 10.2. The van der Waals surface area contributed by atoms with Crippen molar-refractivity contribution in [2.45, 2.75) is 346 Å². The third-order valence-corrected chi connectivity index (χ3v) is 15.6. The molecule has 80 heavy (non-hydrogen) atoms. The molecule has 1 saturated heterocycles. The number of nitrogens with one attached hydrogen (secondary N) is 1. The number of allylic oxidation sites excluding steroid dienone is 9. The monoisotopic (exact) mass is 1130 g/mol. The zero-order chi connectivity index (χ0) is 58.0. The maximum Gasteiger partial charge on any atom is 0.305 e. The van der Waals surface area contributed by atoms with E-state index >= 15 is 0 Å². The first-order valence-corrected chi connectivity index (χ1v) is 33.6. The van der Waals surface area contributed by atoms with E-state index in [9.17, 15) is 35.1 Å². The van der Waals surface area contributed by atoms with Crippen molar-refractivity contribution in [3.63, 3.8) is 0 Å². The van der Waals surface area contributed by atoms with E-state index < -0.39 is 49.5 Å². The van der Waals surface area contributed by atoms with Crippen molar-refractivity contribution in [2.24, 2.45) is 0 Å². The molecule has 1 aliphatic heterocycles. The van der Waals surface area contributed by atoms with Crippen LogP contribution in [0.4, 0.5) is 0 Å². The normalized spacial score (nSPS) is 18.7. The highest BCUT2D eigenvalue weighted by Gasteiger charge is 2.44. The fourth-order valence-corrected chi connectivity index (χ4v) is 10.2. The van der Waals surface area contributed by atoms with Gasteiger partial charge in [-0.25, -0.2) is 0 Å². The third kappa shape index (κ3) is 46.8. The number of amides is 1. The van der Waals surface area contributed by atoms with Crippen molar-refractivity contribution in [1.82, 2.24) is 5.32 Å². The maximum absolute atomic E-state index is 13.0. The molecule has 0 bridgehead atoms. The number of carbonyl (C=O) groups is 2. The summed E-state index contributed by atoms with van der Waals surface area (Å²) < 4.78 is 16.7. The van der Waals surface area contributed by atoms with Gasteiger partial charge in [0.2, 0.25) is 5.91 Å². The van der Waals surface area contributed by atoms with Crippen LogP contribution in [0.1, 0.15) is 303 Å². The molecule has 466 valence electrons. The largest absolute Gasteiger partial charge is 0.466 e. The van der Waals surface area contributed by atoms with Crippen LogP contribution in [-0.2, 0) is 23.8 Å². The second-order valence-electron chi connectivity index (χ2n) is 23.2. The molecule has 1 aliphatic rings. The number of ether oxygens (including phenoxy) is 3. The molecule has 0 radical (unpaired) electrons. The zero-order valence-electron chi connectivity index (χ0n) is 51.5. The Morgan fingerprint density at radius 2 is 0.863 bits per heavy atom. The average Bonchev–Trinajstić information content (AvgIpc) is 3.47. The van der Waals surface area contributed by atoms with Crippen LogP contribution in [0.15, 0.2) is 60.8 Å². The van der Waals surface area contributed by atoms with Crippen molar-refractivity contribution in [3.05, 3.63) is 60.8 Å². The van der Waals surface area contributed by atoms with Crippen LogP contribution in [0.2, 0.25) is 0 Å². The Morgan fingerprint density at radius 3 is 1.35 bits per heavy atom. The van der Waals surface area contributed by atoms with Crippen molar-refractivity contribution < 1.29 is 49.3 Å². The Hall–Kier alpha value is -2.64. The minimum absolute atomic E-state index is 0.00858. The summed E-state index contributed by atoms with van der Waals surface area (Å²) in [5.74, 6) is -0.202. The van der Waals surface area contributed by atoms with Gasteiger partial charge in [0.25, 0.3) is 0 Å². The van der Waals surface area contributed by atoms with E-state index in [2.05, 4.69) is 67.8 Å². The predicted octanol–water partition coefficient (Wildman–Crippen LogP) is 16.6. The second kappa shape index (κ2) is 58.1. The lowest BCUT2D eigenvalue weighted by molar-refractivity contribution is -0.302. The lowest BCUT2D eigenvalue weighted by atomic mass is 9.99. The van der Waals surface area contributed by atoms with E-state index in [1.165, 1.54) is 212 Å². The molecule has 1 heterocycles. The van der Waals surface area contributed by atoms with Crippen molar-refractivity contribution in [3.8, 4) is 0 Å². The predicted molar refractivity (Wildman–Crippen MR) is 333 cm³/mol. The number of unbranched alkanes of at least 4 members (excludes halogenated alkanes) is 36. The molecule has 1 amide bonds. The molecular weight excluding hydrogens is 1000 g/mol. The average molecular weight is 1130 g/mol. The summed E-state index contributed by atoms with van der Waals surface area (Å²) in [7, 11) is 0. The molecule has 11 heteroatoms. The van der Waals surface area contributed by atoms with E-state index in [-0.39, 0.29) is 18.5 Å². The van der Waals surface area contributed by atoms with Gasteiger partial charge in [0.1, 0.15) is 24.4 Å². The maximum atomic E-state index is 13.0. The third-order valence-electron chi connectivity index (χ3n) is 15.6. The molecule has 0 aliphatic carbocycles. The zero-order valence-corrected chi connectivity index (χ0v) is 51.5. The summed E-state index contributed by atoms with van der Waals surface area (Å²) in [6.45, 7) is 4.28. The van der Waals surface area contributed by atoms with Crippen LogP contribution in [0, 0.1) is 0 Å². The van der Waals surface area contributed by atoms with Crippen molar-refractivity contribution in [1.29, 1.82) is 0 Å². The Morgan fingerprint density at radius 1 is 0.463 bits per heavy atom. The van der Waals surface area contributed by atoms with Gasteiger partial charge in [-0.15, -0.1) is 0 Å². The highest BCUT2D eigenvalue weighted by molar-refractivity contribution is 5.76. The first-order chi connectivity index (χ1) is 39.2. The number of esters is 1. The Labute approximate surface area is 490 Å². The summed E-state index contributed by atoms with van der Waals surface area (Å²) in [4.78, 5) is 25.0. The second-order valence-corrected chi connectivity index (χ2v) is 23.2. The van der Waals surface area contributed by atoms with Gasteiger partial charge in [0, 0.05) is 12.8 Å². The highest BCUT2D eigenvalue weighted by atomic mass is 16.7. The summed E-state index contributed by atoms with van der Waals surface area (Å²) >= 11 is 0. The van der Waals surface area contributed by atoms with Gasteiger partial charge < -0.3 is 45.1 Å². The van der Waals surface area contributed by atoms with E-state index in [1.807, 2.05) is 6.08 Å². The first kappa shape index (κ1) is 75.4. The Bertz CT molecular complexity index is 1510. The Balaban J connectivity index is 2.01. The van der Waals surface area contributed by atoms with Crippen LogP contribution < -0.4 is 5.32 Å². The molecule has 0 aromatic rings.